The first-order valence-electron chi connectivity index (χ1n) is 7.37. The number of carbonyl (C=O) groups is 1. The molecule has 0 spiro atoms. The molecule has 21 heavy (non-hydrogen) atoms. The normalized spacial score (nSPS) is 14.4. The van der Waals surface area contributed by atoms with Gasteiger partial charge in [-0.15, -0.1) is 0 Å². The molecule has 1 saturated heterocycles. The third-order valence-corrected chi connectivity index (χ3v) is 3.78. The maximum absolute atomic E-state index is 12.4. The second-order valence-electron chi connectivity index (χ2n) is 5.44. The van der Waals surface area contributed by atoms with Crippen molar-refractivity contribution in [1.29, 1.82) is 0 Å². The standard InChI is InChI=1S/C16H20N4O/c1-12-10-13(19-18-12)11-17-16(21)14-6-2-3-7-15(14)20-8-4-5-9-20/h2-3,6-7,10H,4-5,8-9,11H2,1H3,(H,17,21)(H,18,19). The van der Waals surface area contributed by atoms with E-state index < -0.39 is 0 Å². The summed E-state index contributed by atoms with van der Waals surface area (Å²) in [6, 6.07) is 9.75. The summed E-state index contributed by atoms with van der Waals surface area (Å²) in [6.45, 7) is 4.45. The molecule has 0 saturated carbocycles. The Balaban J connectivity index is 1.72. The minimum Gasteiger partial charge on any atom is -0.371 e. The molecule has 2 N–H and O–H groups in total. The van der Waals surface area contributed by atoms with E-state index in [0.717, 1.165) is 35.7 Å². The van der Waals surface area contributed by atoms with Crippen LogP contribution in [0.4, 0.5) is 5.69 Å². The second kappa shape index (κ2) is 5.99. The third-order valence-electron chi connectivity index (χ3n) is 3.78. The Morgan fingerprint density at radius 3 is 2.81 bits per heavy atom. The molecule has 1 aliphatic rings. The van der Waals surface area contributed by atoms with E-state index in [1.165, 1.54) is 12.8 Å². The zero-order valence-electron chi connectivity index (χ0n) is 12.2. The molecule has 1 aliphatic heterocycles. The number of hydrogen-bond acceptors (Lipinski definition) is 3. The molecule has 110 valence electrons. The first kappa shape index (κ1) is 13.7. The van der Waals surface area contributed by atoms with Gasteiger partial charge in [0.15, 0.2) is 0 Å². The predicted molar refractivity (Wildman–Crippen MR) is 82.4 cm³/mol. The first-order valence-corrected chi connectivity index (χ1v) is 7.37. The van der Waals surface area contributed by atoms with Crippen LogP contribution in [0.15, 0.2) is 30.3 Å². The van der Waals surface area contributed by atoms with Gasteiger partial charge in [0.25, 0.3) is 5.91 Å². The average Bonchev–Trinajstić information content (AvgIpc) is 3.16. The Kier molecular flexibility index (Phi) is 3.90. The van der Waals surface area contributed by atoms with E-state index in [9.17, 15) is 4.79 Å². The van der Waals surface area contributed by atoms with Gasteiger partial charge in [0.1, 0.15) is 0 Å². The number of carbonyl (C=O) groups excluding carboxylic acids is 1. The highest BCUT2D eigenvalue weighted by Crippen LogP contribution is 2.24. The summed E-state index contributed by atoms with van der Waals surface area (Å²) in [6.07, 6.45) is 2.39. The number of amides is 1. The van der Waals surface area contributed by atoms with Crippen molar-refractivity contribution in [2.45, 2.75) is 26.3 Å². The largest absolute Gasteiger partial charge is 0.371 e. The van der Waals surface area contributed by atoms with Crippen molar-refractivity contribution >= 4 is 11.6 Å². The summed E-state index contributed by atoms with van der Waals surface area (Å²) in [7, 11) is 0. The van der Waals surface area contributed by atoms with Gasteiger partial charge < -0.3 is 10.2 Å². The minimum absolute atomic E-state index is 0.0434. The molecular weight excluding hydrogens is 264 g/mol. The number of hydrogen-bond donors (Lipinski definition) is 2. The van der Waals surface area contributed by atoms with Crippen LogP contribution >= 0.6 is 0 Å². The smallest absolute Gasteiger partial charge is 0.253 e. The molecule has 5 heteroatoms. The lowest BCUT2D eigenvalue weighted by molar-refractivity contribution is 0.0951. The van der Waals surface area contributed by atoms with E-state index in [-0.39, 0.29) is 5.91 Å². The molecule has 1 aromatic carbocycles. The summed E-state index contributed by atoms with van der Waals surface area (Å²) in [4.78, 5) is 14.7. The van der Waals surface area contributed by atoms with Crippen molar-refractivity contribution in [2.24, 2.45) is 0 Å². The average molecular weight is 284 g/mol. The maximum Gasteiger partial charge on any atom is 0.253 e. The van der Waals surface area contributed by atoms with E-state index in [0.29, 0.717) is 6.54 Å². The molecule has 5 nitrogen and oxygen atoms in total. The number of benzene rings is 1. The van der Waals surface area contributed by atoms with Gasteiger partial charge in [-0.25, -0.2) is 0 Å². The molecule has 0 radical (unpaired) electrons. The molecule has 1 amide bonds. The number of para-hydroxylation sites is 1. The molecule has 0 atom stereocenters. The Morgan fingerprint density at radius 1 is 1.33 bits per heavy atom. The quantitative estimate of drug-likeness (QED) is 0.905. The predicted octanol–water partition coefficient (Wildman–Crippen LogP) is 2.25. The number of aryl methyl sites for hydroxylation is 1. The van der Waals surface area contributed by atoms with Gasteiger partial charge in [0.2, 0.25) is 0 Å². The summed E-state index contributed by atoms with van der Waals surface area (Å²) in [5, 5.41) is 9.95. The van der Waals surface area contributed by atoms with Crippen LogP contribution in [0.1, 0.15) is 34.6 Å². The summed E-state index contributed by atoms with van der Waals surface area (Å²) < 4.78 is 0. The van der Waals surface area contributed by atoms with Crippen molar-refractivity contribution < 1.29 is 4.79 Å². The Morgan fingerprint density at radius 2 is 2.10 bits per heavy atom. The fourth-order valence-electron chi connectivity index (χ4n) is 2.73. The van der Waals surface area contributed by atoms with Gasteiger partial charge in [-0.1, -0.05) is 12.1 Å². The van der Waals surface area contributed by atoms with E-state index >= 15 is 0 Å². The second-order valence-corrected chi connectivity index (χ2v) is 5.44. The van der Waals surface area contributed by atoms with Gasteiger partial charge in [0.05, 0.1) is 17.8 Å². The van der Waals surface area contributed by atoms with Crippen LogP contribution in [0.2, 0.25) is 0 Å². The number of aromatic amines is 1. The fourth-order valence-corrected chi connectivity index (χ4v) is 2.73. The molecular formula is C16H20N4O. The molecule has 0 unspecified atom stereocenters. The summed E-state index contributed by atoms with van der Waals surface area (Å²) >= 11 is 0. The monoisotopic (exact) mass is 284 g/mol. The zero-order chi connectivity index (χ0) is 14.7. The molecule has 0 bridgehead atoms. The van der Waals surface area contributed by atoms with Crippen molar-refractivity contribution in [3.05, 3.63) is 47.3 Å². The van der Waals surface area contributed by atoms with Crippen molar-refractivity contribution in [2.75, 3.05) is 18.0 Å². The fraction of sp³-hybridized carbons (Fsp3) is 0.375. The lowest BCUT2D eigenvalue weighted by Crippen LogP contribution is -2.27. The van der Waals surface area contributed by atoms with E-state index in [1.54, 1.807) is 0 Å². The van der Waals surface area contributed by atoms with Crippen LogP contribution in [-0.4, -0.2) is 29.2 Å². The zero-order valence-corrected chi connectivity index (χ0v) is 12.2. The van der Waals surface area contributed by atoms with E-state index in [1.807, 2.05) is 37.3 Å². The first-order chi connectivity index (χ1) is 10.2. The molecule has 1 aromatic heterocycles. The number of nitrogens with one attached hydrogen (secondary N) is 2. The van der Waals surface area contributed by atoms with E-state index in [4.69, 9.17) is 0 Å². The molecule has 2 aromatic rings. The van der Waals surface area contributed by atoms with Gasteiger partial charge in [0, 0.05) is 24.5 Å². The van der Waals surface area contributed by atoms with Gasteiger partial charge in [-0.05, 0) is 38.0 Å². The van der Waals surface area contributed by atoms with Crippen LogP contribution in [0, 0.1) is 6.92 Å². The van der Waals surface area contributed by atoms with Crippen LogP contribution < -0.4 is 10.2 Å². The van der Waals surface area contributed by atoms with Crippen LogP contribution in [0.25, 0.3) is 0 Å². The maximum atomic E-state index is 12.4. The summed E-state index contributed by atoms with van der Waals surface area (Å²) in [5.74, 6) is -0.0434. The van der Waals surface area contributed by atoms with Crippen LogP contribution in [-0.2, 0) is 6.54 Å². The number of aromatic nitrogens is 2. The molecule has 1 fully saturated rings. The molecule has 3 rings (SSSR count). The van der Waals surface area contributed by atoms with Crippen molar-refractivity contribution in [1.82, 2.24) is 15.5 Å². The number of nitrogens with zero attached hydrogens (tertiary/aromatic N) is 2. The van der Waals surface area contributed by atoms with Gasteiger partial charge in [-0.2, -0.15) is 5.10 Å². The van der Waals surface area contributed by atoms with Crippen LogP contribution in [0.3, 0.4) is 0 Å². The Labute approximate surface area is 124 Å². The van der Waals surface area contributed by atoms with Gasteiger partial charge >= 0.3 is 0 Å². The highest BCUT2D eigenvalue weighted by molar-refractivity contribution is 5.99. The van der Waals surface area contributed by atoms with Crippen LogP contribution in [0.5, 0.6) is 0 Å². The lowest BCUT2D eigenvalue weighted by atomic mass is 10.1. The molecule has 0 aliphatic carbocycles. The lowest BCUT2D eigenvalue weighted by Gasteiger charge is -2.20. The topological polar surface area (TPSA) is 61.0 Å². The van der Waals surface area contributed by atoms with Crippen molar-refractivity contribution in [3.8, 4) is 0 Å². The minimum atomic E-state index is -0.0434. The summed E-state index contributed by atoms with van der Waals surface area (Å²) in [5.41, 5.74) is 3.62. The number of H-pyrrole nitrogens is 1. The SMILES string of the molecule is Cc1cc(CNC(=O)c2ccccc2N2CCCC2)n[nH]1. The molecule has 2 heterocycles. The number of rotatable bonds is 4. The Hall–Kier alpha value is -2.30. The highest BCUT2D eigenvalue weighted by Gasteiger charge is 2.18. The van der Waals surface area contributed by atoms with Gasteiger partial charge in [-0.3, -0.25) is 9.89 Å². The van der Waals surface area contributed by atoms with Crippen molar-refractivity contribution in [3.63, 3.8) is 0 Å². The number of anilines is 1. The highest BCUT2D eigenvalue weighted by atomic mass is 16.1. The van der Waals surface area contributed by atoms with E-state index in [2.05, 4.69) is 20.4 Å². The Bertz CT molecular complexity index is 629. The third kappa shape index (κ3) is 3.07.